The largest absolute Gasteiger partial charge is 0.497 e. The molecule has 0 bridgehead atoms. The Morgan fingerprint density at radius 3 is 2.40 bits per heavy atom. The molecule has 0 aliphatic rings. The van der Waals surface area contributed by atoms with Crippen molar-refractivity contribution in [1.29, 1.82) is 0 Å². The van der Waals surface area contributed by atoms with E-state index in [1.165, 1.54) is 5.56 Å². The molecular formula is C21H22N2O2. The Kier molecular flexibility index (Phi) is 5.65. The molecule has 4 heteroatoms. The lowest BCUT2D eigenvalue weighted by Crippen LogP contribution is -2.23. The number of rotatable bonds is 7. The van der Waals surface area contributed by atoms with E-state index in [0.717, 1.165) is 22.8 Å². The van der Waals surface area contributed by atoms with Gasteiger partial charge in [-0.1, -0.05) is 36.4 Å². The van der Waals surface area contributed by atoms with Crippen molar-refractivity contribution in [3.63, 3.8) is 0 Å². The molecule has 25 heavy (non-hydrogen) atoms. The summed E-state index contributed by atoms with van der Waals surface area (Å²) in [5, 5.41) is 3.60. The first kappa shape index (κ1) is 17.0. The zero-order valence-corrected chi connectivity index (χ0v) is 14.5. The van der Waals surface area contributed by atoms with Gasteiger partial charge in [0.1, 0.15) is 11.5 Å². The van der Waals surface area contributed by atoms with Crippen molar-refractivity contribution in [3.8, 4) is 11.5 Å². The van der Waals surface area contributed by atoms with Crippen molar-refractivity contribution >= 4 is 0 Å². The molecule has 0 fully saturated rings. The van der Waals surface area contributed by atoms with Crippen LogP contribution in [0.3, 0.4) is 0 Å². The molecule has 3 rings (SSSR count). The number of ether oxygens (including phenoxy) is 2. The van der Waals surface area contributed by atoms with Crippen LogP contribution < -0.4 is 14.8 Å². The maximum absolute atomic E-state index is 5.48. The molecule has 0 saturated heterocycles. The minimum Gasteiger partial charge on any atom is -0.497 e. The molecule has 0 amide bonds. The second-order valence-electron chi connectivity index (χ2n) is 5.66. The first-order valence-corrected chi connectivity index (χ1v) is 8.22. The molecule has 128 valence electrons. The molecule has 1 aromatic heterocycles. The lowest BCUT2D eigenvalue weighted by Gasteiger charge is -2.20. The van der Waals surface area contributed by atoms with Crippen LogP contribution in [0, 0.1) is 0 Å². The van der Waals surface area contributed by atoms with Crippen LogP contribution in [0.25, 0.3) is 0 Å². The fourth-order valence-electron chi connectivity index (χ4n) is 2.82. The fraction of sp³-hybridized carbons (Fsp3) is 0.190. The Bertz CT molecular complexity index is 752. The molecule has 0 unspecified atom stereocenters. The van der Waals surface area contributed by atoms with Crippen LogP contribution in [0.1, 0.15) is 22.9 Å². The number of hydrogen-bond acceptors (Lipinski definition) is 4. The third-order valence-corrected chi connectivity index (χ3v) is 4.10. The predicted molar refractivity (Wildman–Crippen MR) is 98.9 cm³/mol. The van der Waals surface area contributed by atoms with Gasteiger partial charge in [-0.05, 0) is 35.9 Å². The average Bonchev–Trinajstić information content (AvgIpc) is 2.69. The van der Waals surface area contributed by atoms with Crippen molar-refractivity contribution in [2.75, 3.05) is 14.2 Å². The highest BCUT2D eigenvalue weighted by atomic mass is 16.5. The molecular weight excluding hydrogens is 312 g/mol. The van der Waals surface area contributed by atoms with Gasteiger partial charge in [0.25, 0.3) is 0 Å². The maximum atomic E-state index is 5.48. The van der Waals surface area contributed by atoms with E-state index < -0.39 is 0 Å². The van der Waals surface area contributed by atoms with Crippen LogP contribution >= 0.6 is 0 Å². The summed E-state index contributed by atoms with van der Waals surface area (Å²) in [6.07, 6.45) is 1.82. The first-order valence-electron chi connectivity index (χ1n) is 8.22. The van der Waals surface area contributed by atoms with Gasteiger partial charge >= 0.3 is 0 Å². The summed E-state index contributed by atoms with van der Waals surface area (Å²) in [4.78, 5) is 4.53. The molecule has 1 heterocycles. The molecule has 4 nitrogen and oxygen atoms in total. The van der Waals surface area contributed by atoms with Crippen molar-refractivity contribution in [3.05, 3.63) is 89.7 Å². The quantitative estimate of drug-likeness (QED) is 0.710. The van der Waals surface area contributed by atoms with Crippen LogP contribution in [-0.2, 0) is 6.54 Å². The Hall–Kier alpha value is -2.85. The number of nitrogens with zero attached hydrogens (tertiary/aromatic N) is 1. The van der Waals surface area contributed by atoms with Crippen LogP contribution in [-0.4, -0.2) is 19.2 Å². The van der Waals surface area contributed by atoms with Gasteiger partial charge in [0, 0.05) is 18.3 Å². The molecule has 3 aromatic rings. The summed E-state index contributed by atoms with van der Waals surface area (Å²) >= 11 is 0. The lowest BCUT2D eigenvalue weighted by atomic mass is 10.0. The Morgan fingerprint density at radius 1 is 0.920 bits per heavy atom. The minimum absolute atomic E-state index is 0.00157. The highest BCUT2D eigenvalue weighted by Crippen LogP contribution is 2.26. The second-order valence-corrected chi connectivity index (χ2v) is 5.66. The molecule has 0 radical (unpaired) electrons. The second kappa shape index (κ2) is 8.31. The highest BCUT2D eigenvalue weighted by molar-refractivity contribution is 5.40. The predicted octanol–water partition coefficient (Wildman–Crippen LogP) is 3.98. The van der Waals surface area contributed by atoms with Gasteiger partial charge in [-0.3, -0.25) is 4.98 Å². The zero-order chi connectivity index (χ0) is 17.5. The summed E-state index contributed by atoms with van der Waals surface area (Å²) in [7, 11) is 3.35. The van der Waals surface area contributed by atoms with Gasteiger partial charge in [0.05, 0.1) is 26.0 Å². The summed E-state index contributed by atoms with van der Waals surface area (Å²) in [5.41, 5.74) is 3.19. The highest BCUT2D eigenvalue weighted by Gasteiger charge is 2.15. The summed E-state index contributed by atoms with van der Waals surface area (Å²) < 4.78 is 10.8. The van der Waals surface area contributed by atoms with Crippen molar-refractivity contribution < 1.29 is 9.47 Å². The topological polar surface area (TPSA) is 43.4 Å². The van der Waals surface area contributed by atoms with Crippen LogP contribution in [0.4, 0.5) is 0 Å². The third-order valence-electron chi connectivity index (χ3n) is 4.10. The smallest absolute Gasteiger partial charge is 0.123 e. The molecule has 2 aromatic carbocycles. The third kappa shape index (κ3) is 4.17. The Balaban J connectivity index is 1.87. The van der Waals surface area contributed by atoms with Crippen molar-refractivity contribution in [2.24, 2.45) is 0 Å². The molecule has 0 aliphatic heterocycles. The summed E-state index contributed by atoms with van der Waals surface area (Å²) in [5.74, 6) is 1.65. The molecule has 0 saturated carbocycles. The van der Waals surface area contributed by atoms with Crippen molar-refractivity contribution in [2.45, 2.75) is 12.6 Å². The first-order chi connectivity index (χ1) is 12.3. The van der Waals surface area contributed by atoms with E-state index >= 15 is 0 Å². The monoisotopic (exact) mass is 334 g/mol. The van der Waals surface area contributed by atoms with E-state index in [1.807, 2.05) is 60.8 Å². The van der Waals surface area contributed by atoms with E-state index in [9.17, 15) is 0 Å². The standard InChI is InChI=1S/C21H22N2O2/c1-24-18-11-12-20(25-2)17(14-18)15-23-21(16-8-4-3-5-9-16)19-10-6-7-13-22-19/h3-14,21,23H,15H2,1-2H3/t21-/m0/s1. The van der Waals surface area contributed by atoms with E-state index in [1.54, 1.807) is 14.2 Å². The average molecular weight is 334 g/mol. The van der Waals surface area contributed by atoms with E-state index in [0.29, 0.717) is 6.54 Å². The zero-order valence-electron chi connectivity index (χ0n) is 14.5. The summed E-state index contributed by atoms with van der Waals surface area (Å²) in [6.45, 7) is 0.635. The number of nitrogens with one attached hydrogen (secondary N) is 1. The van der Waals surface area contributed by atoms with Crippen molar-refractivity contribution in [1.82, 2.24) is 10.3 Å². The number of pyridine rings is 1. The van der Waals surface area contributed by atoms with Gasteiger partial charge in [0.2, 0.25) is 0 Å². The van der Waals surface area contributed by atoms with Gasteiger partial charge in [-0.25, -0.2) is 0 Å². The Labute approximate surface area is 148 Å². The lowest BCUT2D eigenvalue weighted by molar-refractivity contribution is 0.396. The van der Waals surface area contributed by atoms with E-state index in [-0.39, 0.29) is 6.04 Å². The molecule has 1 atom stereocenters. The van der Waals surface area contributed by atoms with E-state index in [2.05, 4.69) is 22.4 Å². The normalized spacial score (nSPS) is 11.8. The SMILES string of the molecule is COc1ccc(OC)c(CN[C@@H](c2ccccc2)c2ccccn2)c1. The number of hydrogen-bond donors (Lipinski definition) is 1. The number of aromatic nitrogens is 1. The number of benzene rings is 2. The van der Waals surface area contributed by atoms with Gasteiger partial charge in [-0.2, -0.15) is 0 Å². The fourth-order valence-corrected chi connectivity index (χ4v) is 2.82. The number of methoxy groups -OCH3 is 2. The molecule has 1 N–H and O–H groups in total. The van der Waals surface area contributed by atoms with E-state index in [4.69, 9.17) is 9.47 Å². The molecule has 0 spiro atoms. The van der Waals surface area contributed by atoms with Crippen LogP contribution in [0.5, 0.6) is 11.5 Å². The van der Waals surface area contributed by atoms with Gasteiger partial charge in [-0.15, -0.1) is 0 Å². The maximum Gasteiger partial charge on any atom is 0.123 e. The Morgan fingerprint density at radius 2 is 1.72 bits per heavy atom. The summed E-state index contributed by atoms with van der Waals surface area (Å²) in [6, 6.07) is 22.1. The molecule has 0 aliphatic carbocycles. The minimum atomic E-state index is -0.00157. The van der Waals surface area contributed by atoms with Crippen LogP contribution in [0.2, 0.25) is 0 Å². The van der Waals surface area contributed by atoms with Crippen LogP contribution in [0.15, 0.2) is 72.9 Å². The van der Waals surface area contributed by atoms with Gasteiger partial charge < -0.3 is 14.8 Å². The van der Waals surface area contributed by atoms with Gasteiger partial charge in [0.15, 0.2) is 0 Å².